The largest absolute Gasteiger partial charge is 0.398 e. The van der Waals surface area contributed by atoms with Gasteiger partial charge in [-0.15, -0.1) is 0 Å². The summed E-state index contributed by atoms with van der Waals surface area (Å²) in [7, 11) is 0. The summed E-state index contributed by atoms with van der Waals surface area (Å²) in [6.45, 7) is 2.11. The summed E-state index contributed by atoms with van der Waals surface area (Å²) in [6.07, 6.45) is 2.49. The molecule has 0 saturated heterocycles. The maximum absolute atomic E-state index is 11.5. The molecule has 2 heteroatoms. The van der Waals surface area contributed by atoms with E-state index < -0.39 is 0 Å². The van der Waals surface area contributed by atoms with Gasteiger partial charge >= 0.3 is 0 Å². The molecule has 0 aliphatic heterocycles. The van der Waals surface area contributed by atoms with Crippen LogP contribution in [0.5, 0.6) is 0 Å². The van der Waals surface area contributed by atoms with Gasteiger partial charge in [0.1, 0.15) is 0 Å². The Morgan fingerprint density at radius 3 is 2.85 bits per heavy atom. The predicted molar refractivity (Wildman–Crippen MR) is 52.9 cm³/mol. The van der Waals surface area contributed by atoms with Crippen molar-refractivity contribution in [2.24, 2.45) is 0 Å². The van der Waals surface area contributed by atoms with Gasteiger partial charge in [0.05, 0.1) is 0 Å². The summed E-state index contributed by atoms with van der Waals surface area (Å²) in [5, 5.41) is 0. The lowest BCUT2D eigenvalue weighted by molar-refractivity contribution is 0.0995. The first-order chi connectivity index (χ1) is 6.24. The fourth-order valence-corrected chi connectivity index (χ4v) is 2.02. The van der Waals surface area contributed by atoms with Crippen LogP contribution in [0.1, 0.15) is 34.8 Å². The average molecular weight is 175 g/mol. The standard InChI is InChI=1S/C11H13NO/c1-2-7-3-5-9(12)11-8(7)4-6-10(11)13/h3,5H,2,4,6,12H2,1H3. The van der Waals surface area contributed by atoms with Crippen molar-refractivity contribution < 1.29 is 4.79 Å². The van der Waals surface area contributed by atoms with Crippen LogP contribution in [0.3, 0.4) is 0 Å². The molecule has 1 aliphatic carbocycles. The van der Waals surface area contributed by atoms with Crippen molar-refractivity contribution in [2.45, 2.75) is 26.2 Å². The molecule has 1 aliphatic rings. The number of rotatable bonds is 1. The molecule has 0 unspecified atom stereocenters. The molecular weight excluding hydrogens is 162 g/mol. The highest BCUT2D eigenvalue weighted by atomic mass is 16.1. The first-order valence-corrected chi connectivity index (χ1v) is 4.67. The van der Waals surface area contributed by atoms with Gasteiger partial charge in [0, 0.05) is 17.7 Å². The number of aryl methyl sites for hydroxylation is 1. The van der Waals surface area contributed by atoms with Gasteiger partial charge in [0.2, 0.25) is 0 Å². The molecule has 13 heavy (non-hydrogen) atoms. The number of anilines is 1. The first kappa shape index (κ1) is 8.30. The molecule has 0 bridgehead atoms. The lowest BCUT2D eigenvalue weighted by atomic mass is 10.00. The maximum atomic E-state index is 11.5. The van der Waals surface area contributed by atoms with Crippen molar-refractivity contribution >= 4 is 11.5 Å². The monoisotopic (exact) mass is 175 g/mol. The van der Waals surface area contributed by atoms with Gasteiger partial charge in [-0.2, -0.15) is 0 Å². The zero-order valence-electron chi connectivity index (χ0n) is 7.76. The van der Waals surface area contributed by atoms with Gasteiger partial charge in [-0.25, -0.2) is 0 Å². The van der Waals surface area contributed by atoms with Crippen LogP contribution in [0.4, 0.5) is 5.69 Å². The second-order valence-corrected chi connectivity index (χ2v) is 3.44. The minimum atomic E-state index is 0.211. The fraction of sp³-hybridized carbons (Fsp3) is 0.364. The van der Waals surface area contributed by atoms with E-state index in [1.807, 2.05) is 12.1 Å². The molecule has 1 aromatic carbocycles. The third-order valence-corrected chi connectivity index (χ3v) is 2.70. The van der Waals surface area contributed by atoms with Crippen LogP contribution in [0, 0.1) is 0 Å². The van der Waals surface area contributed by atoms with Crippen molar-refractivity contribution in [3.63, 3.8) is 0 Å². The second kappa shape index (κ2) is 2.87. The third-order valence-electron chi connectivity index (χ3n) is 2.70. The van der Waals surface area contributed by atoms with E-state index >= 15 is 0 Å². The van der Waals surface area contributed by atoms with E-state index in [9.17, 15) is 4.79 Å². The van der Waals surface area contributed by atoms with Crippen molar-refractivity contribution in [3.05, 3.63) is 28.8 Å². The number of hydrogen-bond donors (Lipinski definition) is 1. The van der Waals surface area contributed by atoms with Crippen molar-refractivity contribution in [1.82, 2.24) is 0 Å². The molecule has 2 rings (SSSR count). The highest BCUT2D eigenvalue weighted by Gasteiger charge is 2.23. The number of carbonyl (C=O) groups excluding carboxylic acids is 1. The highest BCUT2D eigenvalue weighted by molar-refractivity contribution is 6.05. The number of benzene rings is 1. The van der Waals surface area contributed by atoms with Gasteiger partial charge in [-0.3, -0.25) is 4.79 Å². The molecule has 68 valence electrons. The van der Waals surface area contributed by atoms with Crippen molar-refractivity contribution in [3.8, 4) is 0 Å². The SMILES string of the molecule is CCc1ccc(N)c2c1CCC2=O. The topological polar surface area (TPSA) is 43.1 Å². The zero-order chi connectivity index (χ0) is 9.42. The minimum absolute atomic E-state index is 0.211. The van der Waals surface area contributed by atoms with Gasteiger partial charge in [-0.05, 0) is 30.0 Å². The lowest BCUT2D eigenvalue weighted by Gasteiger charge is -2.07. The van der Waals surface area contributed by atoms with Crippen molar-refractivity contribution in [2.75, 3.05) is 5.73 Å². The Morgan fingerprint density at radius 2 is 2.15 bits per heavy atom. The quantitative estimate of drug-likeness (QED) is 0.663. The molecule has 0 aromatic heterocycles. The highest BCUT2D eigenvalue weighted by Crippen LogP contribution is 2.30. The van der Waals surface area contributed by atoms with Crippen LogP contribution < -0.4 is 5.73 Å². The van der Waals surface area contributed by atoms with E-state index in [-0.39, 0.29) is 5.78 Å². The smallest absolute Gasteiger partial charge is 0.165 e. The Hall–Kier alpha value is -1.31. The predicted octanol–water partition coefficient (Wildman–Crippen LogP) is 1.96. The number of hydrogen-bond acceptors (Lipinski definition) is 2. The molecule has 1 aromatic rings. The number of nitrogens with two attached hydrogens (primary N) is 1. The lowest BCUT2D eigenvalue weighted by Crippen LogP contribution is -2.00. The number of carbonyl (C=O) groups is 1. The van der Waals surface area contributed by atoms with Gasteiger partial charge in [0.25, 0.3) is 0 Å². The average Bonchev–Trinajstić information content (AvgIpc) is 2.50. The molecule has 0 radical (unpaired) electrons. The van der Waals surface area contributed by atoms with Crippen LogP contribution in [0.2, 0.25) is 0 Å². The summed E-state index contributed by atoms with van der Waals surface area (Å²) in [5.74, 6) is 0.211. The van der Waals surface area contributed by atoms with Gasteiger partial charge in [-0.1, -0.05) is 13.0 Å². The number of ketones is 1. The minimum Gasteiger partial charge on any atom is -0.398 e. The molecule has 0 saturated carbocycles. The molecular formula is C11H13NO. The summed E-state index contributed by atoms with van der Waals surface area (Å²) in [4.78, 5) is 11.5. The van der Waals surface area contributed by atoms with E-state index in [1.165, 1.54) is 11.1 Å². The van der Waals surface area contributed by atoms with Gasteiger partial charge < -0.3 is 5.73 Å². The Morgan fingerprint density at radius 1 is 1.38 bits per heavy atom. The van der Waals surface area contributed by atoms with Crippen LogP contribution in [-0.4, -0.2) is 5.78 Å². The third kappa shape index (κ3) is 1.13. The first-order valence-electron chi connectivity index (χ1n) is 4.67. The Labute approximate surface area is 77.8 Å². The second-order valence-electron chi connectivity index (χ2n) is 3.44. The molecule has 0 fully saturated rings. The molecule has 2 nitrogen and oxygen atoms in total. The van der Waals surface area contributed by atoms with E-state index in [1.54, 1.807) is 0 Å². The van der Waals surface area contributed by atoms with Crippen LogP contribution in [0.25, 0.3) is 0 Å². The van der Waals surface area contributed by atoms with E-state index in [0.29, 0.717) is 12.1 Å². The number of nitrogen functional groups attached to an aromatic ring is 1. The molecule has 0 spiro atoms. The van der Waals surface area contributed by atoms with Crippen LogP contribution in [-0.2, 0) is 12.8 Å². The summed E-state index contributed by atoms with van der Waals surface area (Å²) >= 11 is 0. The Kier molecular flexibility index (Phi) is 1.83. The summed E-state index contributed by atoms with van der Waals surface area (Å²) < 4.78 is 0. The molecule has 0 heterocycles. The zero-order valence-corrected chi connectivity index (χ0v) is 7.76. The molecule has 2 N–H and O–H groups in total. The number of Topliss-reactive ketones (excluding diaryl/α,β-unsaturated/α-hetero) is 1. The number of fused-ring (bicyclic) bond motifs is 1. The van der Waals surface area contributed by atoms with Crippen molar-refractivity contribution in [1.29, 1.82) is 0 Å². The molecule has 0 atom stereocenters. The fourth-order valence-electron chi connectivity index (χ4n) is 2.02. The Bertz CT molecular complexity index is 369. The maximum Gasteiger partial charge on any atom is 0.165 e. The van der Waals surface area contributed by atoms with E-state index in [4.69, 9.17) is 5.73 Å². The van der Waals surface area contributed by atoms with E-state index in [0.717, 1.165) is 18.4 Å². The van der Waals surface area contributed by atoms with Gasteiger partial charge in [0.15, 0.2) is 5.78 Å². The summed E-state index contributed by atoms with van der Waals surface area (Å²) in [5.41, 5.74) is 9.66. The molecule has 0 amide bonds. The van der Waals surface area contributed by atoms with E-state index in [2.05, 4.69) is 6.92 Å². The summed E-state index contributed by atoms with van der Waals surface area (Å²) in [6, 6.07) is 3.88. The van der Waals surface area contributed by atoms with Crippen LogP contribution >= 0.6 is 0 Å². The normalized spacial score (nSPS) is 14.7. The van der Waals surface area contributed by atoms with Crippen LogP contribution in [0.15, 0.2) is 12.1 Å². The Balaban J connectivity index is 2.65.